The molecule has 2 aromatic heterocycles. The molecule has 0 bridgehead atoms. The third kappa shape index (κ3) is 4.43. The van der Waals surface area contributed by atoms with Crippen LogP contribution in [0.2, 0.25) is 0 Å². The fraction of sp³-hybridized carbons (Fsp3) is 0. The zero-order valence-corrected chi connectivity index (χ0v) is 27.0. The Morgan fingerprint density at radius 1 is 0.298 bits per heavy atom. The molecule has 0 radical (unpaired) electrons. The molecule has 0 N–H and O–H groups in total. The number of nitrogens with zero attached hydrogens (tertiary/aromatic N) is 1. The number of thiophene rings is 2. The predicted octanol–water partition coefficient (Wildman–Crippen LogP) is 13.9. The van der Waals surface area contributed by atoms with Crippen LogP contribution >= 0.6 is 22.7 Å². The number of hydrogen-bond acceptors (Lipinski definition) is 3. The molecule has 0 saturated carbocycles. The highest BCUT2D eigenvalue weighted by molar-refractivity contribution is 7.27. The molecule has 0 aliphatic rings. The standard InChI is InChI=1S/C44H27NS2/c1-3-9-28(10-4-1)29-15-18-35(19-16-29)45(34-13-5-2-6-14-34)36-20-17-32-23-38-40-27-43-39(26-44(40)47-42(38)25-33(32)21-36)37-22-30-11-7-8-12-31(30)24-41(37)46-43/h1-27H. The molecule has 10 aromatic rings. The summed E-state index contributed by atoms with van der Waals surface area (Å²) >= 11 is 3.81. The molecule has 0 spiro atoms. The lowest BCUT2D eigenvalue weighted by Crippen LogP contribution is -2.09. The van der Waals surface area contributed by atoms with E-state index in [1.54, 1.807) is 0 Å². The molecular formula is C44H27NS2. The lowest BCUT2D eigenvalue weighted by Gasteiger charge is -2.26. The van der Waals surface area contributed by atoms with E-state index in [1.165, 1.54) is 73.0 Å². The maximum atomic E-state index is 2.43. The van der Waals surface area contributed by atoms with E-state index in [9.17, 15) is 0 Å². The van der Waals surface area contributed by atoms with Crippen LogP contribution in [0.3, 0.4) is 0 Å². The largest absolute Gasteiger partial charge is 0.310 e. The van der Waals surface area contributed by atoms with E-state index in [2.05, 4.69) is 169 Å². The molecular weight excluding hydrogens is 607 g/mol. The highest BCUT2D eigenvalue weighted by Gasteiger charge is 2.16. The van der Waals surface area contributed by atoms with Crippen molar-refractivity contribution in [2.75, 3.05) is 4.90 Å². The van der Waals surface area contributed by atoms with Crippen molar-refractivity contribution in [2.24, 2.45) is 0 Å². The van der Waals surface area contributed by atoms with Crippen LogP contribution in [-0.2, 0) is 0 Å². The Hall–Kier alpha value is -5.48. The lowest BCUT2D eigenvalue weighted by molar-refractivity contribution is 1.29. The van der Waals surface area contributed by atoms with Crippen LogP contribution in [0.25, 0.3) is 73.0 Å². The second kappa shape index (κ2) is 10.5. The van der Waals surface area contributed by atoms with Gasteiger partial charge in [0.05, 0.1) is 0 Å². The van der Waals surface area contributed by atoms with E-state index < -0.39 is 0 Å². The normalized spacial score (nSPS) is 11.8. The minimum atomic E-state index is 1.14. The minimum Gasteiger partial charge on any atom is -0.310 e. The number of fused-ring (bicyclic) bond motifs is 8. The van der Waals surface area contributed by atoms with Crippen molar-refractivity contribution in [2.45, 2.75) is 0 Å². The Balaban J connectivity index is 1.10. The molecule has 47 heavy (non-hydrogen) atoms. The molecule has 0 fully saturated rings. The Kier molecular flexibility index (Phi) is 5.98. The van der Waals surface area contributed by atoms with E-state index in [-0.39, 0.29) is 0 Å². The van der Waals surface area contributed by atoms with Crippen LogP contribution in [0.1, 0.15) is 0 Å². The molecule has 10 rings (SSSR count). The van der Waals surface area contributed by atoms with Crippen molar-refractivity contribution in [3.05, 3.63) is 164 Å². The molecule has 8 aromatic carbocycles. The zero-order chi connectivity index (χ0) is 30.9. The van der Waals surface area contributed by atoms with Gasteiger partial charge in [-0.05, 0) is 105 Å². The summed E-state index contributed by atoms with van der Waals surface area (Å²) in [5, 5.41) is 10.5. The molecule has 2 heterocycles. The Morgan fingerprint density at radius 3 is 1.40 bits per heavy atom. The molecule has 0 unspecified atom stereocenters. The quantitative estimate of drug-likeness (QED) is 0.186. The average Bonchev–Trinajstić information content (AvgIpc) is 3.65. The van der Waals surface area contributed by atoms with Gasteiger partial charge in [-0.25, -0.2) is 0 Å². The van der Waals surface area contributed by atoms with Gasteiger partial charge in [0.1, 0.15) is 0 Å². The van der Waals surface area contributed by atoms with E-state index in [0.29, 0.717) is 0 Å². The fourth-order valence-corrected chi connectivity index (χ4v) is 9.37. The average molecular weight is 634 g/mol. The monoisotopic (exact) mass is 633 g/mol. The number of anilines is 3. The van der Waals surface area contributed by atoms with Gasteiger partial charge in [-0.1, -0.05) is 91.0 Å². The third-order valence-electron chi connectivity index (χ3n) is 9.38. The maximum Gasteiger partial charge on any atom is 0.0468 e. The molecule has 3 heteroatoms. The summed E-state index contributed by atoms with van der Waals surface area (Å²) in [5.74, 6) is 0. The zero-order valence-electron chi connectivity index (χ0n) is 25.4. The predicted molar refractivity (Wildman–Crippen MR) is 207 cm³/mol. The number of benzene rings is 8. The van der Waals surface area contributed by atoms with Gasteiger partial charge in [-0.2, -0.15) is 0 Å². The molecule has 0 aliphatic carbocycles. The van der Waals surface area contributed by atoms with Crippen molar-refractivity contribution in [3.8, 4) is 11.1 Å². The van der Waals surface area contributed by atoms with Crippen LogP contribution in [-0.4, -0.2) is 0 Å². The highest BCUT2D eigenvalue weighted by atomic mass is 32.1. The first-order valence-electron chi connectivity index (χ1n) is 15.9. The van der Waals surface area contributed by atoms with Crippen LogP contribution in [0.5, 0.6) is 0 Å². The molecule has 0 amide bonds. The second-order valence-corrected chi connectivity index (χ2v) is 14.4. The number of hydrogen-bond donors (Lipinski definition) is 0. The number of para-hydroxylation sites is 1. The van der Waals surface area contributed by atoms with Crippen molar-refractivity contribution < 1.29 is 0 Å². The molecule has 0 aliphatic heterocycles. The first-order valence-corrected chi connectivity index (χ1v) is 17.5. The second-order valence-electron chi connectivity index (χ2n) is 12.2. The first kappa shape index (κ1) is 26.7. The Labute approximate surface area is 280 Å². The summed E-state index contributed by atoms with van der Waals surface area (Å²) < 4.78 is 5.39. The Morgan fingerprint density at radius 2 is 0.745 bits per heavy atom. The first-order chi connectivity index (χ1) is 23.2. The van der Waals surface area contributed by atoms with Crippen LogP contribution in [0.4, 0.5) is 17.1 Å². The van der Waals surface area contributed by atoms with Gasteiger partial charge in [-0.15, -0.1) is 22.7 Å². The summed E-state index contributed by atoms with van der Waals surface area (Å²) in [6, 6.07) is 60.0. The molecule has 0 saturated heterocycles. The smallest absolute Gasteiger partial charge is 0.0468 e. The summed E-state index contributed by atoms with van der Waals surface area (Å²) in [6.45, 7) is 0. The minimum absolute atomic E-state index is 1.14. The van der Waals surface area contributed by atoms with Crippen LogP contribution < -0.4 is 4.90 Å². The van der Waals surface area contributed by atoms with Gasteiger partial charge in [0.25, 0.3) is 0 Å². The van der Waals surface area contributed by atoms with E-state index in [4.69, 9.17) is 0 Å². The summed E-state index contributed by atoms with van der Waals surface area (Å²) in [6.07, 6.45) is 0. The summed E-state index contributed by atoms with van der Waals surface area (Å²) in [4.78, 5) is 2.35. The maximum absolute atomic E-state index is 2.43. The van der Waals surface area contributed by atoms with Crippen LogP contribution in [0.15, 0.2) is 164 Å². The third-order valence-corrected chi connectivity index (χ3v) is 11.6. The van der Waals surface area contributed by atoms with Gasteiger partial charge < -0.3 is 4.90 Å². The molecule has 0 atom stereocenters. The Bertz CT molecular complexity index is 2770. The van der Waals surface area contributed by atoms with Crippen LogP contribution in [0, 0.1) is 0 Å². The van der Waals surface area contributed by atoms with E-state index in [0.717, 1.165) is 17.1 Å². The van der Waals surface area contributed by atoms with Gasteiger partial charge in [0, 0.05) is 57.4 Å². The highest BCUT2D eigenvalue weighted by Crippen LogP contribution is 2.44. The van der Waals surface area contributed by atoms with Crippen molar-refractivity contribution in [1.82, 2.24) is 0 Å². The lowest BCUT2D eigenvalue weighted by atomic mass is 10.0. The van der Waals surface area contributed by atoms with Crippen molar-refractivity contribution in [3.63, 3.8) is 0 Å². The fourth-order valence-electron chi connectivity index (χ4n) is 7.06. The van der Waals surface area contributed by atoms with E-state index >= 15 is 0 Å². The van der Waals surface area contributed by atoms with Gasteiger partial charge in [0.15, 0.2) is 0 Å². The molecule has 220 valence electrons. The summed E-state index contributed by atoms with van der Waals surface area (Å²) in [7, 11) is 0. The number of rotatable bonds is 4. The van der Waals surface area contributed by atoms with Gasteiger partial charge in [-0.3, -0.25) is 0 Å². The van der Waals surface area contributed by atoms with E-state index in [1.807, 2.05) is 22.7 Å². The van der Waals surface area contributed by atoms with Crippen molar-refractivity contribution >= 4 is 102 Å². The van der Waals surface area contributed by atoms with Gasteiger partial charge in [0.2, 0.25) is 0 Å². The SMILES string of the molecule is c1ccc(-c2ccc(N(c3ccccc3)c3ccc4cc5c(cc4c3)sc3cc4c(cc35)sc3cc5ccccc5cc34)cc2)cc1. The molecule has 1 nitrogen and oxygen atoms in total. The topological polar surface area (TPSA) is 3.24 Å². The van der Waals surface area contributed by atoms with Crippen molar-refractivity contribution in [1.29, 1.82) is 0 Å². The summed E-state index contributed by atoms with van der Waals surface area (Å²) in [5.41, 5.74) is 5.87. The van der Waals surface area contributed by atoms with Gasteiger partial charge >= 0.3 is 0 Å².